The summed E-state index contributed by atoms with van der Waals surface area (Å²) in [6.07, 6.45) is 3.13. The molecule has 31 nitrogen and oxygen atoms in total. The molecular weight excluding hydrogens is 1190 g/mol. The van der Waals surface area contributed by atoms with Crippen LogP contribution in [0.4, 0.5) is 4.79 Å². The summed E-state index contributed by atoms with van der Waals surface area (Å²) in [7, 11) is 0. The van der Waals surface area contributed by atoms with Crippen molar-refractivity contribution in [3.8, 4) is 0 Å². The molecule has 504 valence electrons. The van der Waals surface area contributed by atoms with Crippen LogP contribution in [0.2, 0.25) is 0 Å². The lowest BCUT2D eigenvalue weighted by molar-refractivity contribution is -0.143. The van der Waals surface area contributed by atoms with Crippen LogP contribution in [-0.4, -0.2) is 255 Å². The number of rotatable bonds is 42. The van der Waals surface area contributed by atoms with Crippen LogP contribution in [0.25, 0.3) is 0 Å². The fraction of sp³-hybridized carbons (Fsp3) is 0.583. The van der Waals surface area contributed by atoms with Gasteiger partial charge in [0.2, 0.25) is 29.5 Å². The summed E-state index contributed by atoms with van der Waals surface area (Å²) in [4.78, 5) is 168. The van der Waals surface area contributed by atoms with Gasteiger partial charge in [-0.1, -0.05) is 73.5 Å². The highest BCUT2D eigenvalue weighted by atomic mass is 16.4. The molecule has 1 aliphatic rings. The Balaban J connectivity index is 1.51. The van der Waals surface area contributed by atoms with E-state index in [0.717, 1.165) is 0 Å². The maximum atomic E-state index is 14.4. The van der Waals surface area contributed by atoms with Gasteiger partial charge >= 0.3 is 47.8 Å². The first-order valence-corrected chi connectivity index (χ1v) is 30.4. The highest BCUT2D eigenvalue weighted by Crippen LogP contribution is 2.12. The summed E-state index contributed by atoms with van der Waals surface area (Å²) in [6, 6.07) is 9.48. The molecule has 14 N–H and O–H groups in total. The van der Waals surface area contributed by atoms with Crippen molar-refractivity contribution in [2.75, 3.05) is 91.6 Å². The molecule has 5 atom stereocenters. The van der Waals surface area contributed by atoms with Crippen LogP contribution >= 0.6 is 0 Å². The van der Waals surface area contributed by atoms with E-state index in [1.165, 1.54) is 0 Å². The Morgan fingerprint density at radius 1 is 0.341 bits per heavy atom. The lowest BCUT2D eigenvalue weighted by Gasteiger charge is -2.33. The molecule has 0 bridgehead atoms. The van der Waals surface area contributed by atoms with E-state index < -0.39 is 109 Å². The fourth-order valence-electron chi connectivity index (χ4n) is 9.79. The Morgan fingerprint density at radius 3 is 1.04 bits per heavy atom. The third-order valence-electron chi connectivity index (χ3n) is 14.7. The first-order chi connectivity index (χ1) is 43.4. The van der Waals surface area contributed by atoms with E-state index in [9.17, 15) is 93.0 Å². The van der Waals surface area contributed by atoms with E-state index in [2.05, 4.69) is 37.2 Å². The first-order valence-electron chi connectivity index (χ1n) is 30.4. The van der Waals surface area contributed by atoms with Gasteiger partial charge in [0.05, 0.1) is 26.2 Å². The minimum atomic E-state index is -1.53. The van der Waals surface area contributed by atoms with Gasteiger partial charge in [0.15, 0.2) is 0 Å². The highest BCUT2D eigenvalue weighted by molar-refractivity contribution is 5.94. The maximum absolute atomic E-state index is 14.4. The SMILES string of the molecule is O=C(O)CCC(NC(=O)N[C@@H](CCCCNC(=O)CCCCCCC(=O)NCCCCC(NC(=O)C(Cc1ccccc1)NC(=O)C(Cc1ccccc1)NC(=O)CN1CCN(CC(=O)O)CCN(CC(=O)O)CCN(CC(=O)O)CC1)C(=O)O)C(=O)O)C(=O)O. The van der Waals surface area contributed by atoms with E-state index in [4.69, 9.17) is 5.11 Å². The fourth-order valence-corrected chi connectivity index (χ4v) is 9.79. The second-order valence-corrected chi connectivity index (χ2v) is 22.2. The smallest absolute Gasteiger partial charge is 0.326 e. The first kappa shape index (κ1) is 76.4. The number of hydrogen-bond donors (Lipinski definition) is 14. The van der Waals surface area contributed by atoms with Gasteiger partial charge in [-0.25, -0.2) is 19.2 Å². The van der Waals surface area contributed by atoms with Crippen LogP contribution in [0.15, 0.2) is 60.7 Å². The number of carboxylic acids is 7. The van der Waals surface area contributed by atoms with E-state index in [1.54, 1.807) is 80.3 Å². The molecule has 2 aromatic rings. The van der Waals surface area contributed by atoms with E-state index in [-0.39, 0.29) is 148 Å². The predicted octanol–water partition coefficient (Wildman–Crippen LogP) is -0.530. The van der Waals surface area contributed by atoms with Gasteiger partial charge in [0.1, 0.15) is 30.2 Å². The average Bonchev–Trinajstić information content (AvgIpc) is 2.78. The van der Waals surface area contributed by atoms with Crippen molar-refractivity contribution in [2.24, 2.45) is 0 Å². The second kappa shape index (κ2) is 43.0. The number of aliphatic carboxylic acids is 7. The molecule has 0 radical (unpaired) electrons. The molecule has 0 saturated carbocycles. The van der Waals surface area contributed by atoms with E-state index in [0.29, 0.717) is 56.1 Å². The van der Waals surface area contributed by atoms with Crippen molar-refractivity contribution in [2.45, 2.75) is 133 Å². The Kier molecular flexibility index (Phi) is 36.1. The molecule has 1 fully saturated rings. The summed E-state index contributed by atoms with van der Waals surface area (Å²) < 4.78 is 0. The number of carbonyl (C=O) groups excluding carboxylic acids is 6. The largest absolute Gasteiger partial charge is 0.481 e. The zero-order valence-electron chi connectivity index (χ0n) is 51.1. The minimum absolute atomic E-state index is 0.0204. The van der Waals surface area contributed by atoms with Gasteiger partial charge < -0.3 is 73.0 Å². The summed E-state index contributed by atoms with van der Waals surface area (Å²) in [5, 5.41) is 84.4. The number of benzene rings is 2. The van der Waals surface area contributed by atoms with Crippen LogP contribution < -0.4 is 37.2 Å². The molecule has 1 heterocycles. The van der Waals surface area contributed by atoms with E-state index >= 15 is 0 Å². The number of urea groups is 1. The van der Waals surface area contributed by atoms with Gasteiger partial charge in [0.25, 0.3) is 0 Å². The van der Waals surface area contributed by atoms with Crippen LogP contribution in [0, 0.1) is 0 Å². The van der Waals surface area contributed by atoms with Crippen LogP contribution in [0.5, 0.6) is 0 Å². The van der Waals surface area contributed by atoms with Gasteiger partial charge in [-0.15, -0.1) is 0 Å². The molecule has 0 spiro atoms. The lowest BCUT2D eigenvalue weighted by atomic mass is 10.0. The number of carboxylic acid groups (broad SMARTS) is 7. The quantitative estimate of drug-likeness (QED) is 0.0372. The van der Waals surface area contributed by atoms with Gasteiger partial charge in [-0.3, -0.25) is 62.8 Å². The summed E-state index contributed by atoms with van der Waals surface area (Å²) in [5.41, 5.74) is 1.28. The molecule has 4 unspecified atom stereocenters. The van der Waals surface area contributed by atoms with Crippen molar-refractivity contribution >= 4 is 77.4 Å². The van der Waals surface area contributed by atoms with Crippen LogP contribution in [-0.2, 0) is 70.4 Å². The van der Waals surface area contributed by atoms with E-state index in [1.807, 2.05) is 0 Å². The van der Waals surface area contributed by atoms with Crippen molar-refractivity contribution in [3.63, 3.8) is 0 Å². The van der Waals surface area contributed by atoms with Crippen molar-refractivity contribution in [1.29, 1.82) is 0 Å². The van der Waals surface area contributed by atoms with Crippen molar-refractivity contribution in [3.05, 3.63) is 71.8 Å². The zero-order valence-corrected chi connectivity index (χ0v) is 51.1. The van der Waals surface area contributed by atoms with Gasteiger partial charge in [0, 0.05) is 97.6 Å². The molecule has 1 saturated heterocycles. The van der Waals surface area contributed by atoms with Crippen LogP contribution in [0.1, 0.15) is 101 Å². The molecule has 31 heteroatoms. The topological polar surface area (TPSA) is 461 Å². The lowest BCUT2D eigenvalue weighted by Crippen LogP contribution is -2.57. The number of amides is 7. The summed E-state index contributed by atoms with van der Waals surface area (Å²) >= 11 is 0. The molecule has 91 heavy (non-hydrogen) atoms. The Bertz CT molecular complexity index is 2660. The maximum Gasteiger partial charge on any atom is 0.326 e. The number of unbranched alkanes of at least 4 members (excludes halogenated alkanes) is 5. The second-order valence-electron chi connectivity index (χ2n) is 22.2. The monoisotopic (exact) mass is 1280 g/mol. The number of nitrogens with zero attached hydrogens (tertiary/aromatic N) is 4. The molecule has 1 aliphatic heterocycles. The third kappa shape index (κ3) is 34.7. The molecule has 3 rings (SSSR count). The molecule has 0 aromatic heterocycles. The third-order valence-corrected chi connectivity index (χ3v) is 14.7. The Hall–Kier alpha value is -8.81. The predicted molar refractivity (Wildman–Crippen MR) is 325 cm³/mol. The summed E-state index contributed by atoms with van der Waals surface area (Å²) in [5.74, 6) is -11.4. The van der Waals surface area contributed by atoms with Crippen LogP contribution in [0.3, 0.4) is 0 Å². The zero-order chi connectivity index (χ0) is 67.1. The molecule has 0 aliphatic carbocycles. The Morgan fingerprint density at radius 2 is 0.681 bits per heavy atom. The minimum Gasteiger partial charge on any atom is -0.481 e. The molecule has 2 aromatic carbocycles. The van der Waals surface area contributed by atoms with Crippen molar-refractivity contribution in [1.82, 2.24) is 56.8 Å². The molecular formula is C60H89N11O20. The van der Waals surface area contributed by atoms with Gasteiger partial charge in [-0.05, 0) is 68.9 Å². The standard InChI is InChI=1S/C60H89N11O20/c72-48(21-9-1-2-10-22-49(73)62-26-14-12-20-44(58(87)88)66-60(91)67-45(59(89)90)23-24-51(75)76)61-25-13-11-19-43(57(85)86)64-56(84)47(36-42-17-7-4-8-18-42)65-55(83)46(35-41-15-5-3-6-16-41)63-50(74)37-68-27-29-69(38-52(77)78)31-33-71(40-54(81)82)34-32-70(30-28-68)39-53(79)80/h3-8,15-18,43-47H,1-2,9-14,19-40H2,(H,61,72)(H,62,73)(H,63,74)(H,64,84)(H,65,83)(H,75,76)(H,77,78)(H,79,80)(H,81,82)(H,85,86)(H,87,88)(H,89,90)(H2,66,67,91)/t43?,44-,45?,46?,47?/m0/s1. The number of nitrogens with one attached hydrogen (secondary N) is 7. The highest BCUT2D eigenvalue weighted by Gasteiger charge is 2.32. The number of hydrogen-bond acceptors (Lipinski definition) is 17. The number of carbonyl (C=O) groups is 13. The average molecular weight is 1280 g/mol. The molecule has 7 amide bonds. The van der Waals surface area contributed by atoms with Gasteiger partial charge in [-0.2, -0.15) is 0 Å². The Labute approximate surface area is 527 Å². The van der Waals surface area contributed by atoms with Crippen molar-refractivity contribution < 1.29 is 98.1 Å². The summed E-state index contributed by atoms with van der Waals surface area (Å²) in [6.45, 7) is 0.313. The normalized spacial score (nSPS) is 15.3.